The number of rotatable bonds is 5. The lowest BCUT2D eigenvalue weighted by Crippen LogP contribution is -2.15. The number of benzene rings is 2. The van der Waals surface area contributed by atoms with Gasteiger partial charge in [0.2, 0.25) is 5.91 Å². The molecule has 5 nitrogen and oxygen atoms in total. The maximum Gasteiger partial charge on any atom is 0.229 e. The van der Waals surface area contributed by atoms with Crippen molar-refractivity contribution in [3.05, 3.63) is 52.7 Å². The maximum atomic E-state index is 12.4. The number of carbonyl (C=O) groups excluding carboxylic acids is 1. The molecule has 0 unspecified atom stereocenters. The Balaban J connectivity index is 1.81. The zero-order valence-electron chi connectivity index (χ0n) is 13.3. The molecule has 0 saturated heterocycles. The highest BCUT2D eigenvalue weighted by atomic mass is 79.9. The third-order valence-corrected chi connectivity index (χ3v) is 4.14. The van der Waals surface area contributed by atoms with Crippen LogP contribution in [-0.2, 0) is 11.2 Å². The summed E-state index contributed by atoms with van der Waals surface area (Å²) in [6.07, 6.45) is 1.81. The van der Waals surface area contributed by atoms with E-state index in [9.17, 15) is 4.79 Å². The third-order valence-electron chi connectivity index (χ3n) is 3.65. The van der Waals surface area contributed by atoms with Crippen molar-refractivity contribution in [3.63, 3.8) is 0 Å². The molecule has 0 atom stereocenters. The second kappa shape index (κ2) is 6.97. The van der Waals surface area contributed by atoms with Gasteiger partial charge < -0.3 is 19.2 Å². The topological polar surface area (TPSA) is 60.7 Å². The summed E-state index contributed by atoms with van der Waals surface area (Å²) in [5, 5.41) is 3.77. The molecular weight excluding hydrogens is 374 g/mol. The number of fused-ring (bicyclic) bond motifs is 1. The van der Waals surface area contributed by atoms with Gasteiger partial charge in [-0.3, -0.25) is 4.79 Å². The number of hydrogen-bond acceptors (Lipinski definition) is 4. The van der Waals surface area contributed by atoms with Crippen molar-refractivity contribution in [2.24, 2.45) is 0 Å². The lowest BCUT2D eigenvalue weighted by atomic mass is 10.1. The smallest absolute Gasteiger partial charge is 0.229 e. The van der Waals surface area contributed by atoms with Gasteiger partial charge in [0.05, 0.1) is 32.6 Å². The van der Waals surface area contributed by atoms with E-state index in [4.69, 9.17) is 13.9 Å². The summed E-state index contributed by atoms with van der Waals surface area (Å²) in [5.41, 5.74) is 2.14. The molecule has 0 aliphatic rings. The Hall–Kier alpha value is -2.47. The molecule has 124 valence electrons. The third kappa shape index (κ3) is 3.38. The summed E-state index contributed by atoms with van der Waals surface area (Å²) in [6, 6.07) is 10.9. The predicted molar refractivity (Wildman–Crippen MR) is 95.8 cm³/mol. The van der Waals surface area contributed by atoms with E-state index in [1.807, 2.05) is 18.2 Å². The van der Waals surface area contributed by atoms with Crippen LogP contribution in [0, 0.1) is 0 Å². The molecule has 1 heterocycles. The summed E-state index contributed by atoms with van der Waals surface area (Å²) in [7, 11) is 3.13. The Bertz CT molecular complexity index is 888. The average molecular weight is 390 g/mol. The molecule has 0 aliphatic carbocycles. The molecule has 1 amide bonds. The van der Waals surface area contributed by atoms with Crippen LogP contribution < -0.4 is 14.8 Å². The van der Waals surface area contributed by atoms with Crippen LogP contribution in [0.2, 0.25) is 0 Å². The number of hydrogen-bond donors (Lipinski definition) is 1. The van der Waals surface area contributed by atoms with E-state index in [2.05, 4.69) is 21.2 Å². The zero-order chi connectivity index (χ0) is 17.1. The van der Waals surface area contributed by atoms with E-state index in [1.165, 1.54) is 0 Å². The van der Waals surface area contributed by atoms with Crippen molar-refractivity contribution >= 4 is 38.5 Å². The molecular formula is C18H16BrNO4. The van der Waals surface area contributed by atoms with Gasteiger partial charge in [-0.2, -0.15) is 0 Å². The summed E-state index contributed by atoms with van der Waals surface area (Å²) >= 11 is 3.43. The number of ether oxygens (including phenoxy) is 2. The van der Waals surface area contributed by atoms with Gasteiger partial charge in [-0.15, -0.1) is 0 Å². The van der Waals surface area contributed by atoms with E-state index in [0.29, 0.717) is 17.2 Å². The summed E-state index contributed by atoms with van der Waals surface area (Å²) in [6.45, 7) is 0. The minimum atomic E-state index is -0.163. The monoisotopic (exact) mass is 389 g/mol. The van der Waals surface area contributed by atoms with Crippen LogP contribution >= 0.6 is 15.9 Å². The minimum absolute atomic E-state index is 0.163. The molecule has 24 heavy (non-hydrogen) atoms. The fraction of sp³-hybridized carbons (Fsp3) is 0.167. The van der Waals surface area contributed by atoms with Gasteiger partial charge in [0.1, 0.15) is 17.1 Å². The van der Waals surface area contributed by atoms with Gasteiger partial charge in [-0.25, -0.2) is 0 Å². The van der Waals surface area contributed by atoms with Crippen molar-refractivity contribution in [1.29, 1.82) is 0 Å². The standard InChI is InChI=1S/C18H16BrNO4/c1-22-13-4-6-17(23-2)15(9-13)20-18(21)7-11-10-24-16-5-3-12(19)8-14(11)16/h3-6,8-10H,7H2,1-2H3,(H,20,21). The number of amides is 1. The van der Waals surface area contributed by atoms with Crippen LogP contribution in [0.4, 0.5) is 5.69 Å². The normalized spacial score (nSPS) is 10.6. The molecule has 0 fully saturated rings. The fourth-order valence-electron chi connectivity index (χ4n) is 2.47. The molecule has 2 aromatic carbocycles. The van der Waals surface area contributed by atoms with Gasteiger partial charge in [0.25, 0.3) is 0 Å². The molecule has 1 aromatic heterocycles. The Morgan fingerprint density at radius 1 is 1.17 bits per heavy atom. The minimum Gasteiger partial charge on any atom is -0.497 e. The van der Waals surface area contributed by atoms with E-state index in [-0.39, 0.29) is 12.3 Å². The number of methoxy groups -OCH3 is 2. The first-order chi connectivity index (χ1) is 11.6. The molecule has 0 saturated carbocycles. The van der Waals surface area contributed by atoms with Gasteiger partial charge >= 0.3 is 0 Å². The van der Waals surface area contributed by atoms with Crippen molar-refractivity contribution in [2.45, 2.75) is 6.42 Å². The largest absolute Gasteiger partial charge is 0.497 e. The highest BCUT2D eigenvalue weighted by molar-refractivity contribution is 9.10. The lowest BCUT2D eigenvalue weighted by molar-refractivity contribution is -0.115. The van der Waals surface area contributed by atoms with Crippen LogP contribution in [0.3, 0.4) is 0 Å². The van der Waals surface area contributed by atoms with Crippen molar-refractivity contribution in [1.82, 2.24) is 0 Å². The SMILES string of the molecule is COc1ccc(OC)c(NC(=O)Cc2coc3ccc(Br)cc23)c1. The van der Waals surface area contributed by atoms with Gasteiger partial charge in [0.15, 0.2) is 0 Å². The predicted octanol–water partition coefficient (Wildman–Crippen LogP) is 4.39. The molecule has 1 N–H and O–H groups in total. The number of furan rings is 1. The first-order valence-corrected chi connectivity index (χ1v) is 8.07. The highest BCUT2D eigenvalue weighted by Crippen LogP contribution is 2.30. The molecule has 0 aliphatic heterocycles. The Kier molecular flexibility index (Phi) is 4.76. The van der Waals surface area contributed by atoms with Gasteiger partial charge in [0, 0.05) is 21.5 Å². The van der Waals surface area contributed by atoms with Gasteiger partial charge in [-0.05, 0) is 30.3 Å². The molecule has 0 radical (unpaired) electrons. The van der Waals surface area contributed by atoms with E-state index in [0.717, 1.165) is 21.0 Å². The second-order valence-electron chi connectivity index (χ2n) is 5.19. The van der Waals surface area contributed by atoms with E-state index < -0.39 is 0 Å². The Morgan fingerprint density at radius 2 is 2.00 bits per heavy atom. The second-order valence-corrected chi connectivity index (χ2v) is 6.11. The first kappa shape index (κ1) is 16.4. The number of halogens is 1. The Morgan fingerprint density at radius 3 is 2.75 bits per heavy atom. The molecule has 3 rings (SSSR count). The van der Waals surface area contributed by atoms with Crippen LogP contribution in [0.5, 0.6) is 11.5 Å². The fourth-order valence-corrected chi connectivity index (χ4v) is 2.83. The highest BCUT2D eigenvalue weighted by Gasteiger charge is 2.13. The number of nitrogens with one attached hydrogen (secondary N) is 1. The van der Waals surface area contributed by atoms with Crippen molar-refractivity contribution < 1.29 is 18.7 Å². The average Bonchev–Trinajstić information content (AvgIpc) is 2.96. The summed E-state index contributed by atoms with van der Waals surface area (Å²) < 4.78 is 16.9. The van der Waals surface area contributed by atoms with E-state index >= 15 is 0 Å². The quantitative estimate of drug-likeness (QED) is 0.702. The first-order valence-electron chi connectivity index (χ1n) is 7.28. The van der Waals surface area contributed by atoms with Crippen molar-refractivity contribution in [2.75, 3.05) is 19.5 Å². The molecule has 3 aromatic rings. The molecule has 0 spiro atoms. The Labute approximate surface area is 147 Å². The maximum absolute atomic E-state index is 12.4. The number of carbonyl (C=O) groups is 1. The summed E-state index contributed by atoms with van der Waals surface area (Å²) in [4.78, 5) is 12.4. The van der Waals surface area contributed by atoms with Crippen LogP contribution in [0.1, 0.15) is 5.56 Å². The lowest BCUT2D eigenvalue weighted by Gasteiger charge is -2.11. The zero-order valence-corrected chi connectivity index (χ0v) is 14.8. The number of anilines is 1. The molecule has 6 heteroatoms. The van der Waals surface area contributed by atoms with Gasteiger partial charge in [-0.1, -0.05) is 15.9 Å². The van der Waals surface area contributed by atoms with Crippen LogP contribution in [-0.4, -0.2) is 20.1 Å². The van der Waals surface area contributed by atoms with Crippen molar-refractivity contribution in [3.8, 4) is 11.5 Å². The summed E-state index contributed by atoms with van der Waals surface area (Å²) in [5.74, 6) is 1.05. The van der Waals surface area contributed by atoms with Crippen LogP contribution in [0.25, 0.3) is 11.0 Å². The van der Waals surface area contributed by atoms with Crippen LogP contribution in [0.15, 0.2) is 51.6 Å². The molecule has 0 bridgehead atoms. The van der Waals surface area contributed by atoms with E-state index in [1.54, 1.807) is 38.7 Å².